The summed E-state index contributed by atoms with van der Waals surface area (Å²) in [5.74, 6) is -4.40. The Labute approximate surface area is 212 Å². The third-order valence-corrected chi connectivity index (χ3v) is 4.76. The first-order valence-corrected chi connectivity index (χ1v) is 11.1. The van der Waals surface area contributed by atoms with E-state index < -0.39 is 85.3 Å². The minimum absolute atomic E-state index is 0.177. The van der Waals surface area contributed by atoms with Crippen LogP contribution in [0.2, 0.25) is 0 Å². The number of ether oxygens (including phenoxy) is 6. The molecule has 0 radical (unpaired) electrons. The van der Waals surface area contributed by atoms with E-state index in [0.717, 1.165) is 27.7 Å². The number of carbonyl (C=O) groups is 6. The van der Waals surface area contributed by atoms with Gasteiger partial charge < -0.3 is 44.2 Å². The third kappa shape index (κ3) is 10.4. The molecule has 0 aromatic rings. The normalized spacial score (nSPS) is 24.4. The van der Waals surface area contributed by atoms with Gasteiger partial charge in [-0.3, -0.25) is 19.2 Å². The van der Waals surface area contributed by atoms with Crippen molar-refractivity contribution in [3.63, 3.8) is 0 Å². The van der Waals surface area contributed by atoms with E-state index in [1.165, 1.54) is 13.0 Å². The van der Waals surface area contributed by atoms with E-state index in [2.05, 4.69) is 17.2 Å². The molecular weight excluding hydrogens is 500 g/mol. The number of carbonyl (C=O) groups excluding carboxylic acids is 5. The van der Waals surface area contributed by atoms with Gasteiger partial charge in [-0.2, -0.15) is 0 Å². The SMILES string of the molecule is C=CCOC(=O)N[C@H](C(=O)O)[C@@H](C)O[C@H]1O[C@H](COC(C)=O)[C@H](OC(C)=O)[C@H](OC(C)=O)[C@H]1NC(C)=O. The van der Waals surface area contributed by atoms with Gasteiger partial charge in [0, 0.05) is 27.7 Å². The van der Waals surface area contributed by atoms with E-state index >= 15 is 0 Å². The van der Waals surface area contributed by atoms with Gasteiger partial charge in [0.25, 0.3) is 0 Å². The molecule has 0 saturated carbocycles. The van der Waals surface area contributed by atoms with Gasteiger partial charge in [-0.25, -0.2) is 9.59 Å². The molecule has 3 N–H and O–H groups in total. The molecule has 0 aromatic carbocycles. The third-order valence-electron chi connectivity index (χ3n) is 4.76. The van der Waals surface area contributed by atoms with Crippen molar-refractivity contribution in [1.82, 2.24) is 10.6 Å². The number of nitrogens with one attached hydrogen (secondary N) is 2. The molecule has 0 unspecified atom stereocenters. The van der Waals surface area contributed by atoms with Crippen LogP contribution in [0, 0.1) is 0 Å². The second kappa shape index (κ2) is 14.7. The molecule has 15 heteroatoms. The van der Waals surface area contributed by atoms with Gasteiger partial charge in [0.1, 0.15) is 25.4 Å². The fourth-order valence-electron chi connectivity index (χ4n) is 3.38. The lowest BCUT2D eigenvalue weighted by Crippen LogP contribution is -2.67. The molecular formula is C22H32N2O13. The lowest BCUT2D eigenvalue weighted by atomic mass is 9.95. The van der Waals surface area contributed by atoms with Crippen molar-refractivity contribution in [1.29, 1.82) is 0 Å². The van der Waals surface area contributed by atoms with E-state index in [4.69, 9.17) is 28.4 Å². The van der Waals surface area contributed by atoms with Crippen molar-refractivity contribution in [3.05, 3.63) is 12.7 Å². The highest BCUT2D eigenvalue weighted by Crippen LogP contribution is 2.29. The summed E-state index contributed by atoms with van der Waals surface area (Å²) in [6.45, 7) is 8.45. The maximum atomic E-state index is 12.0. The number of carboxylic acid groups (broad SMARTS) is 1. The molecule has 7 atom stereocenters. The number of carboxylic acids is 1. The number of aliphatic carboxylic acids is 1. The van der Waals surface area contributed by atoms with Crippen LogP contribution in [0.25, 0.3) is 0 Å². The fraction of sp³-hybridized carbons (Fsp3) is 0.636. The summed E-state index contributed by atoms with van der Waals surface area (Å²) in [6.07, 6.45) is -6.63. The number of hydrogen-bond donors (Lipinski definition) is 3. The van der Waals surface area contributed by atoms with Crippen LogP contribution in [0.5, 0.6) is 0 Å². The molecule has 2 amide bonds. The second-order valence-electron chi connectivity index (χ2n) is 7.91. The monoisotopic (exact) mass is 532 g/mol. The molecule has 1 aliphatic heterocycles. The van der Waals surface area contributed by atoms with Crippen LogP contribution in [0.4, 0.5) is 4.79 Å². The van der Waals surface area contributed by atoms with Crippen molar-refractivity contribution in [2.45, 2.75) is 77.4 Å². The van der Waals surface area contributed by atoms with Gasteiger partial charge in [-0.1, -0.05) is 12.7 Å². The highest BCUT2D eigenvalue weighted by atomic mass is 16.7. The average Bonchev–Trinajstić information content (AvgIpc) is 2.77. The van der Waals surface area contributed by atoms with Crippen LogP contribution in [0.15, 0.2) is 12.7 Å². The zero-order chi connectivity index (χ0) is 28.3. The lowest BCUT2D eigenvalue weighted by Gasteiger charge is -2.45. The molecule has 1 aliphatic rings. The minimum atomic E-state index is -1.65. The Morgan fingerprint density at radius 3 is 2.05 bits per heavy atom. The first-order chi connectivity index (χ1) is 17.3. The van der Waals surface area contributed by atoms with Gasteiger partial charge in [0.05, 0.1) is 6.10 Å². The molecule has 0 bridgehead atoms. The maximum Gasteiger partial charge on any atom is 0.408 e. The number of hydrogen-bond acceptors (Lipinski definition) is 12. The zero-order valence-corrected chi connectivity index (χ0v) is 21.1. The second-order valence-corrected chi connectivity index (χ2v) is 7.91. The lowest BCUT2D eigenvalue weighted by molar-refractivity contribution is -0.287. The van der Waals surface area contributed by atoms with Crippen LogP contribution in [-0.2, 0) is 52.4 Å². The van der Waals surface area contributed by atoms with Gasteiger partial charge >= 0.3 is 30.0 Å². The quantitative estimate of drug-likeness (QED) is 0.164. The van der Waals surface area contributed by atoms with E-state index in [1.807, 2.05) is 0 Å². The summed E-state index contributed by atoms with van der Waals surface area (Å²) in [7, 11) is 0. The number of amides is 2. The van der Waals surface area contributed by atoms with E-state index in [1.54, 1.807) is 0 Å². The zero-order valence-electron chi connectivity index (χ0n) is 21.1. The molecule has 15 nitrogen and oxygen atoms in total. The molecule has 1 heterocycles. The number of esters is 3. The minimum Gasteiger partial charge on any atom is -0.480 e. The van der Waals surface area contributed by atoms with E-state index in [9.17, 15) is 33.9 Å². The van der Waals surface area contributed by atoms with Gasteiger partial charge in [-0.15, -0.1) is 0 Å². The van der Waals surface area contributed by atoms with Crippen LogP contribution >= 0.6 is 0 Å². The van der Waals surface area contributed by atoms with Gasteiger partial charge in [0.2, 0.25) is 5.91 Å². The molecule has 1 fully saturated rings. The summed E-state index contributed by atoms with van der Waals surface area (Å²) in [5, 5.41) is 14.2. The first kappa shape index (κ1) is 31.3. The van der Waals surface area contributed by atoms with Crippen molar-refractivity contribution in [2.24, 2.45) is 0 Å². The molecule has 0 spiro atoms. The molecule has 208 valence electrons. The smallest absolute Gasteiger partial charge is 0.408 e. The Bertz CT molecular complexity index is 877. The summed E-state index contributed by atoms with van der Waals surface area (Å²) < 4.78 is 31.9. The topological polar surface area (TPSA) is 202 Å². The Morgan fingerprint density at radius 2 is 1.57 bits per heavy atom. The predicted octanol–water partition coefficient (Wildman–Crippen LogP) is -0.587. The number of rotatable bonds is 12. The van der Waals surface area contributed by atoms with Crippen LogP contribution < -0.4 is 10.6 Å². The van der Waals surface area contributed by atoms with Crippen LogP contribution in [0.1, 0.15) is 34.6 Å². The maximum absolute atomic E-state index is 12.0. The van der Waals surface area contributed by atoms with Gasteiger partial charge in [0.15, 0.2) is 24.5 Å². The average molecular weight is 532 g/mol. The van der Waals surface area contributed by atoms with Crippen LogP contribution in [-0.4, -0.2) is 97.0 Å². The fourth-order valence-corrected chi connectivity index (χ4v) is 3.38. The molecule has 0 aliphatic carbocycles. The summed E-state index contributed by atoms with van der Waals surface area (Å²) >= 11 is 0. The van der Waals surface area contributed by atoms with Crippen molar-refractivity contribution in [3.8, 4) is 0 Å². The largest absolute Gasteiger partial charge is 0.480 e. The summed E-state index contributed by atoms with van der Waals surface area (Å²) in [4.78, 5) is 70.8. The first-order valence-electron chi connectivity index (χ1n) is 11.1. The standard InChI is InChI=1S/C22H32N2O13/c1-7-8-32-22(31)24-16(20(29)30)10(2)34-21-17(23-11(3)25)19(36-14(6)28)18(35-13(5)27)15(37-21)9-33-12(4)26/h7,10,15-19,21H,1,8-9H2,2-6H3,(H,23,25)(H,24,31)(H,29,30)/t10-,15-,16+,17-,18+,19-,21+/m1/s1. The summed E-state index contributed by atoms with van der Waals surface area (Å²) in [5.41, 5.74) is 0. The van der Waals surface area contributed by atoms with Crippen molar-refractivity contribution >= 4 is 35.9 Å². The Hall–Kier alpha value is -3.72. The highest BCUT2D eigenvalue weighted by molar-refractivity contribution is 5.80. The summed E-state index contributed by atoms with van der Waals surface area (Å²) in [6, 6.07) is -2.96. The molecule has 1 rings (SSSR count). The Balaban J connectivity index is 3.36. The number of alkyl carbamates (subject to hydrolysis) is 1. The Morgan fingerprint density at radius 1 is 0.973 bits per heavy atom. The van der Waals surface area contributed by atoms with Crippen molar-refractivity contribution < 1.29 is 62.3 Å². The predicted molar refractivity (Wildman–Crippen MR) is 121 cm³/mol. The Kier molecular flexibility index (Phi) is 12.5. The highest BCUT2D eigenvalue weighted by Gasteiger charge is 2.52. The van der Waals surface area contributed by atoms with E-state index in [-0.39, 0.29) is 6.61 Å². The van der Waals surface area contributed by atoms with Gasteiger partial charge in [-0.05, 0) is 6.92 Å². The van der Waals surface area contributed by atoms with E-state index in [0.29, 0.717) is 0 Å². The molecule has 1 saturated heterocycles. The molecule has 37 heavy (non-hydrogen) atoms. The molecule has 0 aromatic heterocycles. The van der Waals surface area contributed by atoms with Crippen molar-refractivity contribution in [2.75, 3.05) is 13.2 Å². The van der Waals surface area contributed by atoms with Crippen LogP contribution in [0.3, 0.4) is 0 Å².